The molecule has 0 aromatic heterocycles. The summed E-state index contributed by atoms with van der Waals surface area (Å²) in [7, 11) is 3.32. The summed E-state index contributed by atoms with van der Waals surface area (Å²) in [5, 5.41) is 6.65. The summed E-state index contributed by atoms with van der Waals surface area (Å²) in [5.41, 5.74) is 8.77. The van der Waals surface area contributed by atoms with E-state index < -0.39 is 11.7 Å². The Morgan fingerprint density at radius 2 is 1.58 bits per heavy atom. The molecule has 3 N–H and O–H groups in total. The second-order valence-electron chi connectivity index (χ2n) is 11.5. The number of nitrogens with zero attached hydrogens (tertiary/aromatic N) is 4. The molecule has 1 aliphatic rings. The van der Waals surface area contributed by atoms with E-state index in [1.165, 1.54) is 20.9 Å². The molecular formula is C31H45N7O5. The highest BCUT2D eigenvalue weighted by molar-refractivity contribution is 5.94. The van der Waals surface area contributed by atoms with Crippen LogP contribution in [-0.4, -0.2) is 96.1 Å². The smallest absolute Gasteiger partial charge is 0.410 e. The van der Waals surface area contributed by atoms with Crippen molar-refractivity contribution in [3.8, 4) is 0 Å². The predicted molar refractivity (Wildman–Crippen MR) is 165 cm³/mol. The van der Waals surface area contributed by atoms with Gasteiger partial charge in [0.25, 0.3) is 11.8 Å². The van der Waals surface area contributed by atoms with Crippen LogP contribution in [-0.2, 0) is 27.4 Å². The second-order valence-corrected chi connectivity index (χ2v) is 11.5. The van der Waals surface area contributed by atoms with Crippen LogP contribution in [0.4, 0.5) is 10.5 Å². The fraction of sp³-hybridized carbons (Fsp3) is 0.484. The van der Waals surface area contributed by atoms with Gasteiger partial charge >= 0.3 is 6.09 Å². The average Bonchev–Trinajstić information content (AvgIpc) is 3.39. The number of carbonyl (C=O) groups is 4. The third-order valence-corrected chi connectivity index (χ3v) is 7.12. The third kappa shape index (κ3) is 9.42. The van der Waals surface area contributed by atoms with E-state index in [1.807, 2.05) is 43.1 Å². The third-order valence-electron chi connectivity index (χ3n) is 7.12. The Morgan fingerprint density at radius 1 is 0.953 bits per heavy atom. The van der Waals surface area contributed by atoms with Crippen LogP contribution in [0, 0.1) is 6.92 Å². The number of hydrazine groups is 2. The zero-order chi connectivity index (χ0) is 31.7. The molecule has 0 saturated heterocycles. The van der Waals surface area contributed by atoms with Gasteiger partial charge in [-0.3, -0.25) is 24.8 Å². The second kappa shape index (κ2) is 14.8. The Labute approximate surface area is 254 Å². The number of fused-ring (bicyclic) bond motifs is 1. The molecule has 2 aromatic rings. The molecule has 0 bridgehead atoms. The first-order chi connectivity index (χ1) is 20.3. The standard InChI is InChI=1S/C31H45N7O5/c1-8-36(30(42)43-31(3,4)5)15-16-37(21-28(40)35(7)38-19-24-11-9-10-12-25(24)20-38)27(39)18-33-26-14-13-23(17-22(26)2)29(41)34-32-6/h9-14,17,32-33H,8,15-16,18-21H2,1-7H3,(H,34,41). The van der Waals surface area contributed by atoms with Crippen molar-refractivity contribution in [2.75, 3.05) is 52.1 Å². The molecule has 3 rings (SSSR count). The van der Waals surface area contributed by atoms with Gasteiger partial charge in [0.2, 0.25) is 5.91 Å². The summed E-state index contributed by atoms with van der Waals surface area (Å²) in [6, 6.07) is 13.2. The fourth-order valence-corrected chi connectivity index (χ4v) is 4.66. The molecule has 12 heteroatoms. The van der Waals surface area contributed by atoms with Gasteiger partial charge in [0.1, 0.15) is 12.1 Å². The molecule has 2 aromatic carbocycles. The first kappa shape index (κ1) is 33.3. The lowest BCUT2D eigenvalue weighted by atomic mass is 10.1. The summed E-state index contributed by atoms with van der Waals surface area (Å²) < 4.78 is 5.52. The Kier molecular flexibility index (Phi) is 11.5. The van der Waals surface area contributed by atoms with Gasteiger partial charge in [-0.2, -0.15) is 0 Å². The Balaban J connectivity index is 1.70. The predicted octanol–water partition coefficient (Wildman–Crippen LogP) is 2.75. The molecule has 0 unspecified atom stereocenters. The number of aryl methyl sites for hydroxylation is 1. The summed E-state index contributed by atoms with van der Waals surface area (Å²) in [6.07, 6.45) is -0.475. The Morgan fingerprint density at radius 3 is 2.14 bits per heavy atom. The number of nitrogens with one attached hydrogen (secondary N) is 3. The van der Waals surface area contributed by atoms with Crippen LogP contribution < -0.4 is 16.2 Å². The SMILES string of the molecule is CCN(CCN(CC(=O)N(C)N1Cc2ccccc2C1)C(=O)CNc1ccc(C(=O)NNC)cc1C)C(=O)OC(C)(C)C. The van der Waals surface area contributed by atoms with Crippen molar-refractivity contribution in [1.29, 1.82) is 0 Å². The number of ether oxygens (including phenoxy) is 1. The lowest BCUT2D eigenvalue weighted by molar-refractivity contribution is -0.151. The zero-order valence-electron chi connectivity index (χ0n) is 26.3. The van der Waals surface area contributed by atoms with E-state index in [0.29, 0.717) is 30.9 Å². The minimum absolute atomic E-state index is 0.0758. The quantitative estimate of drug-likeness (QED) is 0.320. The molecule has 0 aliphatic carbocycles. The number of rotatable bonds is 12. The van der Waals surface area contributed by atoms with E-state index in [0.717, 1.165) is 5.56 Å². The first-order valence-corrected chi connectivity index (χ1v) is 14.5. The highest BCUT2D eigenvalue weighted by Gasteiger charge is 2.28. The van der Waals surface area contributed by atoms with E-state index in [1.54, 1.807) is 58.1 Å². The number of hydrogen-bond acceptors (Lipinski definition) is 8. The lowest BCUT2D eigenvalue weighted by Gasteiger charge is -2.32. The minimum atomic E-state index is -0.656. The molecule has 1 aliphatic heterocycles. The average molecular weight is 596 g/mol. The van der Waals surface area contributed by atoms with E-state index in [4.69, 9.17) is 4.74 Å². The summed E-state index contributed by atoms with van der Waals surface area (Å²) in [4.78, 5) is 54.8. The summed E-state index contributed by atoms with van der Waals surface area (Å²) in [6.45, 7) is 10.8. The molecule has 0 saturated carbocycles. The van der Waals surface area contributed by atoms with E-state index >= 15 is 0 Å². The molecule has 0 atom stereocenters. The fourth-order valence-electron chi connectivity index (χ4n) is 4.66. The Bertz CT molecular complexity index is 1280. The topological polar surface area (TPSA) is 127 Å². The maximum absolute atomic E-state index is 13.5. The van der Waals surface area contributed by atoms with E-state index in [9.17, 15) is 19.2 Å². The summed E-state index contributed by atoms with van der Waals surface area (Å²) in [5.74, 6) is -0.811. The number of hydrogen-bond donors (Lipinski definition) is 3. The van der Waals surface area contributed by atoms with Crippen LogP contribution >= 0.6 is 0 Å². The normalized spacial score (nSPS) is 12.7. The molecular weight excluding hydrogens is 550 g/mol. The number of likely N-dealkylation sites (N-methyl/N-ethyl adjacent to an activating group) is 2. The van der Waals surface area contributed by atoms with Crippen molar-refractivity contribution in [3.63, 3.8) is 0 Å². The lowest BCUT2D eigenvalue weighted by Crippen LogP contribution is -2.50. The number of amides is 4. The van der Waals surface area contributed by atoms with Crippen molar-refractivity contribution < 1.29 is 23.9 Å². The van der Waals surface area contributed by atoms with Crippen LogP contribution in [0.3, 0.4) is 0 Å². The van der Waals surface area contributed by atoms with Crippen molar-refractivity contribution in [1.82, 2.24) is 30.7 Å². The van der Waals surface area contributed by atoms with Crippen LogP contribution in [0.5, 0.6) is 0 Å². The largest absolute Gasteiger partial charge is 0.444 e. The Hall–Kier alpha value is -4.16. The van der Waals surface area contributed by atoms with Crippen molar-refractivity contribution in [2.24, 2.45) is 0 Å². The molecule has 0 radical (unpaired) electrons. The van der Waals surface area contributed by atoms with E-state index in [-0.39, 0.29) is 43.9 Å². The zero-order valence-corrected chi connectivity index (χ0v) is 26.3. The molecule has 0 fully saturated rings. The molecule has 234 valence electrons. The van der Waals surface area contributed by atoms with Gasteiger partial charge in [-0.05, 0) is 69.5 Å². The summed E-state index contributed by atoms with van der Waals surface area (Å²) >= 11 is 0. The molecule has 43 heavy (non-hydrogen) atoms. The maximum atomic E-state index is 13.5. The van der Waals surface area contributed by atoms with Gasteiger partial charge in [0, 0.05) is 58.1 Å². The van der Waals surface area contributed by atoms with Gasteiger partial charge in [-0.15, -0.1) is 0 Å². The van der Waals surface area contributed by atoms with E-state index in [2.05, 4.69) is 16.2 Å². The van der Waals surface area contributed by atoms with Crippen molar-refractivity contribution in [3.05, 3.63) is 64.7 Å². The van der Waals surface area contributed by atoms with Gasteiger partial charge in [0.15, 0.2) is 0 Å². The van der Waals surface area contributed by atoms with Gasteiger partial charge < -0.3 is 19.9 Å². The van der Waals surface area contributed by atoms with Crippen LogP contribution in [0.15, 0.2) is 42.5 Å². The maximum Gasteiger partial charge on any atom is 0.410 e. The molecule has 1 heterocycles. The first-order valence-electron chi connectivity index (χ1n) is 14.5. The van der Waals surface area contributed by atoms with Crippen LogP contribution in [0.2, 0.25) is 0 Å². The van der Waals surface area contributed by atoms with Crippen LogP contribution in [0.25, 0.3) is 0 Å². The van der Waals surface area contributed by atoms with Crippen molar-refractivity contribution in [2.45, 2.75) is 53.3 Å². The number of anilines is 1. The molecule has 0 spiro atoms. The van der Waals surface area contributed by atoms with Gasteiger partial charge in [-0.25, -0.2) is 15.2 Å². The number of carbonyl (C=O) groups excluding carboxylic acids is 4. The molecule has 12 nitrogen and oxygen atoms in total. The van der Waals surface area contributed by atoms with Crippen molar-refractivity contribution >= 4 is 29.5 Å². The van der Waals surface area contributed by atoms with Gasteiger partial charge in [0.05, 0.1) is 6.54 Å². The highest BCUT2D eigenvalue weighted by Crippen LogP contribution is 2.23. The minimum Gasteiger partial charge on any atom is -0.444 e. The molecule has 4 amide bonds. The van der Waals surface area contributed by atoms with Crippen LogP contribution in [0.1, 0.15) is 54.7 Å². The highest BCUT2D eigenvalue weighted by atomic mass is 16.6. The van der Waals surface area contributed by atoms with Gasteiger partial charge in [-0.1, -0.05) is 24.3 Å². The number of benzene rings is 2. The monoisotopic (exact) mass is 595 g/mol.